The molecule has 7 aliphatic rings. The standard InChI is InChI=1S/C56H46N6/c1-4-12-37(13-5-1)50-57-53(60-54(58-50)41-24-26-42(27-25-41)56-33-35-29-46-45-28-34(31-48(46)56)32-49(56)47(45)30-35)40-22-20-36(21-23-40)43-18-10-11-19-44(43)55-61-51(38-14-6-2-7-15-38)59-52(62-55)39-16-8-3-9-17-39/h1-27,34-35,45-49H,28-33H2. The molecule has 7 fully saturated rings. The molecule has 6 nitrogen and oxygen atoms in total. The number of rotatable bonds is 8. The molecular formula is C56H46N6. The zero-order valence-electron chi connectivity index (χ0n) is 34.6. The Labute approximate surface area is 362 Å². The molecule has 8 aromatic rings. The van der Waals surface area contributed by atoms with Gasteiger partial charge in [-0.25, -0.2) is 29.9 Å². The Bertz CT molecular complexity index is 2870. The molecule has 0 N–H and O–H groups in total. The van der Waals surface area contributed by atoms with Crippen LogP contribution in [0.3, 0.4) is 0 Å². The number of benzene rings is 6. The molecular weight excluding hydrogens is 757 g/mol. The van der Waals surface area contributed by atoms with Crippen molar-refractivity contribution in [3.8, 4) is 79.5 Å². The zero-order chi connectivity index (χ0) is 40.8. The summed E-state index contributed by atoms with van der Waals surface area (Å²) in [6, 6.07) is 57.0. The van der Waals surface area contributed by atoms with E-state index in [0.717, 1.165) is 85.9 Å². The maximum absolute atomic E-state index is 5.19. The van der Waals surface area contributed by atoms with Crippen LogP contribution in [0.5, 0.6) is 0 Å². The van der Waals surface area contributed by atoms with Crippen LogP contribution in [0.15, 0.2) is 164 Å². The fourth-order valence-corrected chi connectivity index (χ4v) is 13.4. The van der Waals surface area contributed by atoms with Gasteiger partial charge in [0.1, 0.15) is 0 Å². The highest BCUT2D eigenvalue weighted by molar-refractivity contribution is 5.82. The van der Waals surface area contributed by atoms with Crippen LogP contribution in [0.1, 0.15) is 44.1 Å². The molecule has 4 unspecified atom stereocenters. The molecule has 6 heteroatoms. The third-order valence-corrected chi connectivity index (χ3v) is 15.7. The lowest BCUT2D eigenvalue weighted by Crippen LogP contribution is -2.69. The second-order valence-corrected chi connectivity index (χ2v) is 18.8. The van der Waals surface area contributed by atoms with Crippen LogP contribution in [0.2, 0.25) is 0 Å². The van der Waals surface area contributed by atoms with E-state index in [9.17, 15) is 0 Å². The van der Waals surface area contributed by atoms with Gasteiger partial charge in [-0.05, 0) is 96.6 Å². The van der Waals surface area contributed by atoms with Gasteiger partial charge in [-0.1, -0.05) is 164 Å². The fourth-order valence-electron chi connectivity index (χ4n) is 13.4. The van der Waals surface area contributed by atoms with Crippen LogP contribution in [0.25, 0.3) is 79.5 Å². The number of aromatic nitrogens is 6. The molecule has 7 aliphatic carbocycles. The summed E-state index contributed by atoms with van der Waals surface area (Å²) in [6.07, 6.45) is 8.85. The highest BCUT2D eigenvalue weighted by Crippen LogP contribution is 2.76. The minimum absolute atomic E-state index is 0.375. The molecule has 2 heterocycles. The van der Waals surface area contributed by atoms with Gasteiger partial charge in [-0.3, -0.25) is 0 Å². The lowest BCUT2D eigenvalue weighted by molar-refractivity contribution is -0.220. The van der Waals surface area contributed by atoms with Crippen LogP contribution < -0.4 is 0 Å². The van der Waals surface area contributed by atoms with Crippen molar-refractivity contribution in [2.75, 3.05) is 0 Å². The highest BCUT2D eigenvalue weighted by Gasteiger charge is 2.70. The van der Waals surface area contributed by atoms with Crippen LogP contribution in [-0.2, 0) is 5.41 Å². The van der Waals surface area contributed by atoms with Crippen molar-refractivity contribution in [1.29, 1.82) is 0 Å². The van der Waals surface area contributed by atoms with Crippen LogP contribution in [0, 0.1) is 41.4 Å². The van der Waals surface area contributed by atoms with E-state index in [2.05, 4.69) is 78.9 Å². The molecule has 0 spiro atoms. The molecule has 0 aliphatic heterocycles. The minimum atomic E-state index is 0.375. The molecule has 0 saturated heterocycles. The van der Waals surface area contributed by atoms with Gasteiger partial charge in [0, 0.05) is 38.8 Å². The Morgan fingerprint density at radius 1 is 0.306 bits per heavy atom. The van der Waals surface area contributed by atoms with Gasteiger partial charge < -0.3 is 0 Å². The molecule has 62 heavy (non-hydrogen) atoms. The van der Waals surface area contributed by atoms with Crippen molar-refractivity contribution >= 4 is 0 Å². The van der Waals surface area contributed by atoms with Gasteiger partial charge in [0.2, 0.25) is 0 Å². The maximum Gasteiger partial charge on any atom is 0.164 e. The minimum Gasteiger partial charge on any atom is -0.208 e. The summed E-state index contributed by atoms with van der Waals surface area (Å²) < 4.78 is 0. The Hall–Kier alpha value is -6.66. The molecule has 7 saturated carbocycles. The van der Waals surface area contributed by atoms with E-state index in [1.807, 2.05) is 84.9 Å². The molecule has 2 aromatic heterocycles. The second kappa shape index (κ2) is 14.2. The van der Waals surface area contributed by atoms with Crippen molar-refractivity contribution in [3.63, 3.8) is 0 Å². The normalized spacial score (nSPS) is 26.2. The molecule has 300 valence electrons. The van der Waals surface area contributed by atoms with Crippen molar-refractivity contribution < 1.29 is 0 Å². The van der Waals surface area contributed by atoms with Gasteiger partial charge >= 0.3 is 0 Å². The molecule has 15 rings (SSSR count). The molecule has 8 bridgehead atoms. The Morgan fingerprint density at radius 2 is 0.677 bits per heavy atom. The third-order valence-electron chi connectivity index (χ3n) is 15.7. The largest absolute Gasteiger partial charge is 0.208 e. The average molecular weight is 803 g/mol. The van der Waals surface area contributed by atoms with Gasteiger partial charge in [-0.15, -0.1) is 0 Å². The van der Waals surface area contributed by atoms with E-state index in [-0.39, 0.29) is 0 Å². The van der Waals surface area contributed by atoms with Crippen LogP contribution >= 0.6 is 0 Å². The van der Waals surface area contributed by atoms with Gasteiger partial charge in [0.15, 0.2) is 34.9 Å². The van der Waals surface area contributed by atoms with Crippen LogP contribution in [-0.4, -0.2) is 29.9 Å². The topological polar surface area (TPSA) is 77.3 Å². The van der Waals surface area contributed by atoms with Crippen molar-refractivity contribution in [3.05, 3.63) is 169 Å². The van der Waals surface area contributed by atoms with Gasteiger partial charge in [-0.2, -0.15) is 0 Å². The summed E-state index contributed by atoms with van der Waals surface area (Å²) >= 11 is 0. The quantitative estimate of drug-likeness (QED) is 0.152. The molecule has 6 aromatic carbocycles. The fraction of sp³-hybridized carbons (Fsp3) is 0.250. The third kappa shape index (κ3) is 5.76. The van der Waals surface area contributed by atoms with E-state index in [4.69, 9.17) is 29.9 Å². The first-order valence-corrected chi connectivity index (χ1v) is 22.6. The average Bonchev–Trinajstić information content (AvgIpc) is 3.36. The summed E-state index contributed by atoms with van der Waals surface area (Å²) in [5.74, 6) is 10.5. The van der Waals surface area contributed by atoms with Crippen LogP contribution in [0.4, 0.5) is 0 Å². The first-order chi connectivity index (χ1) is 30.6. The van der Waals surface area contributed by atoms with E-state index in [0.29, 0.717) is 40.4 Å². The highest BCUT2D eigenvalue weighted by atomic mass is 15.0. The molecule has 0 radical (unpaired) electrons. The van der Waals surface area contributed by atoms with E-state index in [1.165, 1.54) is 38.5 Å². The number of nitrogens with zero attached hydrogens (tertiary/aromatic N) is 6. The SMILES string of the molecule is c1ccc(-c2nc(-c3ccc(-c4ccccc4-c4nc(-c5ccccc5)nc(-c5ccccc5)n4)cc3)nc(-c3ccc(C45CC6CC7C8CC(CC74)CC5C8C6)cc3)n2)cc1. The predicted octanol–water partition coefficient (Wildman–Crippen LogP) is 12.7. The molecule has 0 amide bonds. The lowest BCUT2D eigenvalue weighted by Gasteiger charge is -2.74. The Balaban J connectivity index is 0.858. The van der Waals surface area contributed by atoms with Crippen molar-refractivity contribution in [2.45, 2.75) is 43.9 Å². The first-order valence-electron chi connectivity index (χ1n) is 22.6. The van der Waals surface area contributed by atoms with E-state index >= 15 is 0 Å². The number of hydrogen-bond acceptors (Lipinski definition) is 6. The Morgan fingerprint density at radius 3 is 1.16 bits per heavy atom. The van der Waals surface area contributed by atoms with E-state index in [1.54, 1.807) is 5.56 Å². The van der Waals surface area contributed by atoms with Crippen molar-refractivity contribution in [2.24, 2.45) is 41.4 Å². The Kier molecular flexibility index (Phi) is 8.25. The monoisotopic (exact) mass is 802 g/mol. The predicted molar refractivity (Wildman–Crippen MR) is 245 cm³/mol. The van der Waals surface area contributed by atoms with Crippen molar-refractivity contribution in [1.82, 2.24) is 29.9 Å². The summed E-state index contributed by atoms with van der Waals surface area (Å²) in [5.41, 5.74) is 9.81. The lowest BCUT2D eigenvalue weighted by atomic mass is 9.30. The first kappa shape index (κ1) is 36.0. The maximum atomic E-state index is 5.19. The summed E-state index contributed by atoms with van der Waals surface area (Å²) in [5, 5.41) is 0. The molecule has 4 atom stereocenters. The summed E-state index contributed by atoms with van der Waals surface area (Å²) in [7, 11) is 0. The zero-order valence-corrected chi connectivity index (χ0v) is 34.6. The van der Waals surface area contributed by atoms with E-state index < -0.39 is 0 Å². The second-order valence-electron chi connectivity index (χ2n) is 18.8. The summed E-state index contributed by atoms with van der Waals surface area (Å²) in [4.78, 5) is 30.4. The number of hydrogen-bond donors (Lipinski definition) is 0. The van der Waals surface area contributed by atoms with Gasteiger partial charge in [0.25, 0.3) is 0 Å². The van der Waals surface area contributed by atoms with Gasteiger partial charge in [0.05, 0.1) is 0 Å². The smallest absolute Gasteiger partial charge is 0.164 e. The summed E-state index contributed by atoms with van der Waals surface area (Å²) in [6.45, 7) is 0.